The fourth-order valence-electron chi connectivity index (χ4n) is 4.28. The van der Waals surface area contributed by atoms with Crippen LogP contribution in [-0.4, -0.2) is 19.8 Å². The second-order valence-corrected chi connectivity index (χ2v) is 5.97. The summed E-state index contributed by atoms with van der Waals surface area (Å²) in [5.74, 6) is 0.926. The van der Waals surface area contributed by atoms with Crippen molar-refractivity contribution in [2.45, 2.75) is 44.9 Å². The molecule has 1 heterocycles. The molecule has 0 atom stereocenters. The Hall–Kier alpha value is -0.0800. The van der Waals surface area contributed by atoms with Crippen molar-refractivity contribution in [2.24, 2.45) is 22.5 Å². The molecule has 0 bridgehead atoms. The van der Waals surface area contributed by atoms with Gasteiger partial charge in [-0.15, -0.1) is 0 Å². The average molecular weight is 209 g/mol. The zero-order valence-electron chi connectivity index (χ0n) is 9.63. The molecule has 0 aromatic rings. The smallest absolute Gasteiger partial charge is 0.0553 e. The quantitative estimate of drug-likeness (QED) is 0.774. The van der Waals surface area contributed by atoms with Crippen molar-refractivity contribution in [1.82, 2.24) is 0 Å². The largest absolute Gasteiger partial charge is 0.380 e. The molecule has 0 aromatic heterocycles. The Balaban J connectivity index is 1.84. The van der Waals surface area contributed by atoms with Gasteiger partial charge in [0.1, 0.15) is 0 Å². The summed E-state index contributed by atoms with van der Waals surface area (Å²) in [4.78, 5) is 0. The van der Waals surface area contributed by atoms with Crippen molar-refractivity contribution in [2.75, 3.05) is 19.8 Å². The van der Waals surface area contributed by atoms with Gasteiger partial charge in [-0.05, 0) is 43.6 Å². The van der Waals surface area contributed by atoms with E-state index < -0.39 is 0 Å². The first-order valence-electron chi connectivity index (χ1n) is 6.61. The van der Waals surface area contributed by atoms with E-state index in [1.807, 2.05) is 0 Å². The van der Waals surface area contributed by atoms with Crippen molar-refractivity contribution in [3.8, 4) is 0 Å². The molecule has 2 N–H and O–H groups in total. The summed E-state index contributed by atoms with van der Waals surface area (Å²) in [5.41, 5.74) is 7.05. The number of nitrogens with two attached hydrogens (primary N) is 1. The Morgan fingerprint density at radius 1 is 1.07 bits per heavy atom. The van der Waals surface area contributed by atoms with Gasteiger partial charge in [0, 0.05) is 5.41 Å². The van der Waals surface area contributed by atoms with Crippen LogP contribution in [0.1, 0.15) is 44.9 Å². The fourth-order valence-corrected chi connectivity index (χ4v) is 4.28. The molecule has 86 valence electrons. The summed E-state index contributed by atoms with van der Waals surface area (Å²) in [6, 6.07) is 0. The number of rotatable bonds is 3. The Morgan fingerprint density at radius 2 is 1.73 bits per heavy atom. The highest BCUT2D eigenvalue weighted by atomic mass is 16.5. The number of ether oxygens (including phenoxy) is 1. The van der Waals surface area contributed by atoms with E-state index in [1.165, 1.54) is 44.9 Å². The molecule has 0 radical (unpaired) electrons. The van der Waals surface area contributed by atoms with Crippen molar-refractivity contribution in [3.63, 3.8) is 0 Å². The molecule has 0 spiro atoms. The normalized spacial score (nSPS) is 33.4. The molecule has 0 amide bonds. The minimum atomic E-state index is 0.472. The molecule has 0 aromatic carbocycles. The summed E-state index contributed by atoms with van der Waals surface area (Å²) in [6.45, 7) is 2.91. The topological polar surface area (TPSA) is 35.2 Å². The molecule has 15 heavy (non-hydrogen) atoms. The van der Waals surface area contributed by atoms with E-state index in [9.17, 15) is 0 Å². The summed E-state index contributed by atoms with van der Waals surface area (Å²) in [5, 5.41) is 0. The van der Waals surface area contributed by atoms with Crippen molar-refractivity contribution in [1.29, 1.82) is 0 Å². The van der Waals surface area contributed by atoms with Crippen molar-refractivity contribution >= 4 is 0 Å². The van der Waals surface area contributed by atoms with Gasteiger partial charge in [-0.1, -0.05) is 19.3 Å². The molecule has 1 aliphatic heterocycles. The lowest BCUT2D eigenvalue weighted by Crippen LogP contribution is -2.64. The van der Waals surface area contributed by atoms with Gasteiger partial charge >= 0.3 is 0 Å². The monoisotopic (exact) mass is 209 g/mol. The third-order valence-electron chi connectivity index (χ3n) is 5.61. The molecule has 3 fully saturated rings. The maximum Gasteiger partial charge on any atom is 0.0553 e. The van der Waals surface area contributed by atoms with Crippen LogP contribution in [0.3, 0.4) is 0 Å². The molecule has 0 unspecified atom stereocenters. The first-order valence-corrected chi connectivity index (χ1v) is 6.61. The van der Waals surface area contributed by atoms with Gasteiger partial charge in [0.05, 0.1) is 13.2 Å². The predicted octanol–water partition coefficient (Wildman–Crippen LogP) is 2.32. The van der Waals surface area contributed by atoms with Gasteiger partial charge < -0.3 is 10.5 Å². The van der Waals surface area contributed by atoms with Gasteiger partial charge in [0.25, 0.3) is 0 Å². The predicted molar refractivity (Wildman–Crippen MR) is 60.5 cm³/mol. The molecule has 2 heteroatoms. The van der Waals surface area contributed by atoms with Gasteiger partial charge in [-0.3, -0.25) is 0 Å². The van der Waals surface area contributed by atoms with Gasteiger partial charge in [0.2, 0.25) is 0 Å². The standard InChI is InChI=1S/C13H23NO/c14-8-12(6-3-7-12)13(9-15-10-13)11-4-1-2-5-11/h11H,1-10,14H2. The first kappa shape index (κ1) is 10.1. The highest BCUT2D eigenvalue weighted by Crippen LogP contribution is 2.62. The van der Waals surface area contributed by atoms with E-state index in [1.54, 1.807) is 0 Å². The zero-order valence-corrected chi connectivity index (χ0v) is 9.63. The SMILES string of the molecule is NCC1(C2(C3CCCC3)COC2)CCC1. The highest BCUT2D eigenvalue weighted by Gasteiger charge is 2.61. The van der Waals surface area contributed by atoms with E-state index in [0.717, 1.165) is 25.7 Å². The molecule has 2 saturated carbocycles. The maximum atomic E-state index is 6.08. The van der Waals surface area contributed by atoms with E-state index in [4.69, 9.17) is 10.5 Å². The van der Waals surface area contributed by atoms with Crippen LogP contribution in [0.25, 0.3) is 0 Å². The molecule has 2 aliphatic carbocycles. The minimum Gasteiger partial charge on any atom is -0.380 e. The minimum absolute atomic E-state index is 0.472. The van der Waals surface area contributed by atoms with Crippen LogP contribution in [0.2, 0.25) is 0 Å². The van der Waals surface area contributed by atoms with Gasteiger partial charge in [-0.2, -0.15) is 0 Å². The van der Waals surface area contributed by atoms with Crippen LogP contribution in [0.5, 0.6) is 0 Å². The number of hydrogen-bond acceptors (Lipinski definition) is 2. The van der Waals surface area contributed by atoms with Gasteiger partial charge in [0.15, 0.2) is 0 Å². The molecule has 2 nitrogen and oxygen atoms in total. The fraction of sp³-hybridized carbons (Fsp3) is 1.00. The van der Waals surface area contributed by atoms with Gasteiger partial charge in [-0.25, -0.2) is 0 Å². The van der Waals surface area contributed by atoms with Crippen LogP contribution in [0.4, 0.5) is 0 Å². The second kappa shape index (κ2) is 3.46. The summed E-state index contributed by atoms with van der Waals surface area (Å²) >= 11 is 0. The lowest BCUT2D eigenvalue weighted by Gasteiger charge is -2.62. The van der Waals surface area contributed by atoms with Crippen LogP contribution in [0, 0.1) is 16.7 Å². The Bertz CT molecular complexity index is 231. The molecule has 3 aliphatic rings. The van der Waals surface area contributed by atoms with Crippen LogP contribution in [-0.2, 0) is 4.74 Å². The Morgan fingerprint density at radius 3 is 2.07 bits per heavy atom. The zero-order chi connectivity index (χ0) is 10.4. The van der Waals surface area contributed by atoms with E-state index in [0.29, 0.717) is 10.8 Å². The first-order chi connectivity index (χ1) is 7.33. The van der Waals surface area contributed by atoms with Crippen LogP contribution in [0.15, 0.2) is 0 Å². The summed E-state index contributed by atoms with van der Waals surface area (Å²) in [7, 11) is 0. The Kier molecular flexibility index (Phi) is 2.33. The molecule has 1 saturated heterocycles. The highest BCUT2D eigenvalue weighted by molar-refractivity contribution is 5.10. The second-order valence-electron chi connectivity index (χ2n) is 5.97. The third-order valence-corrected chi connectivity index (χ3v) is 5.61. The lowest BCUT2D eigenvalue weighted by molar-refractivity contribution is -0.235. The summed E-state index contributed by atoms with van der Waals surface area (Å²) < 4.78 is 5.58. The van der Waals surface area contributed by atoms with Crippen molar-refractivity contribution in [3.05, 3.63) is 0 Å². The summed E-state index contributed by atoms with van der Waals surface area (Å²) in [6.07, 6.45) is 9.87. The Labute approximate surface area is 92.6 Å². The van der Waals surface area contributed by atoms with E-state index in [2.05, 4.69) is 0 Å². The average Bonchev–Trinajstić information content (AvgIpc) is 2.60. The molecule has 3 rings (SSSR count). The molecular weight excluding hydrogens is 186 g/mol. The maximum absolute atomic E-state index is 6.08. The van der Waals surface area contributed by atoms with E-state index >= 15 is 0 Å². The van der Waals surface area contributed by atoms with Crippen LogP contribution >= 0.6 is 0 Å². The van der Waals surface area contributed by atoms with E-state index in [-0.39, 0.29) is 0 Å². The lowest BCUT2D eigenvalue weighted by atomic mass is 9.47. The number of hydrogen-bond donors (Lipinski definition) is 1. The molecular formula is C13H23NO. The van der Waals surface area contributed by atoms with Crippen molar-refractivity contribution < 1.29 is 4.74 Å². The van der Waals surface area contributed by atoms with Crippen LogP contribution < -0.4 is 5.73 Å². The third kappa shape index (κ3) is 1.18.